The summed E-state index contributed by atoms with van der Waals surface area (Å²) in [5, 5.41) is 0. The molecule has 19 heavy (non-hydrogen) atoms. The third kappa shape index (κ3) is 6.13. The summed E-state index contributed by atoms with van der Waals surface area (Å²) in [6, 6.07) is 5.31. The first-order valence-corrected chi connectivity index (χ1v) is 7.92. The van der Waals surface area contributed by atoms with Crippen LogP contribution in [0.3, 0.4) is 0 Å². The van der Waals surface area contributed by atoms with Crippen LogP contribution >= 0.6 is 0 Å². The molecule has 0 heterocycles. The van der Waals surface area contributed by atoms with Gasteiger partial charge in [0.25, 0.3) is 0 Å². The molecule has 0 aliphatic carbocycles. The summed E-state index contributed by atoms with van der Waals surface area (Å²) in [7, 11) is -3.50. The Labute approximate surface area is 114 Å². The minimum atomic E-state index is -3.50. The van der Waals surface area contributed by atoms with Crippen molar-refractivity contribution in [2.24, 2.45) is 11.7 Å². The smallest absolute Gasteiger partial charge is 0.216 e. The number of nitrogens with one attached hydrogen (secondary N) is 1. The zero-order valence-electron chi connectivity index (χ0n) is 11.3. The highest BCUT2D eigenvalue weighted by Crippen LogP contribution is 2.10. The molecule has 1 rings (SSSR count). The Bertz CT molecular complexity index is 503. The summed E-state index contributed by atoms with van der Waals surface area (Å²) >= 11 is 0. The summed E-state index contributed by atoms with van der Waals surface area (Å²) in [6.45, 7) is 4.26. The lowest BCUT2D eigenvalue weighted by Gasteiger charge is -2.18. The number of benzene rings is 1. The summed E-state index contributed by atoms with van der Waals surface area (Å²) in [5.74, 6) is -0.324. The third-order valence-electron chi connectivity index (χ3n) is 2.63. The predicted molar refractivity (Wildman–Crippen MR) is 74.5 cm³/mol. The first-order valence-electron chi connectivity index (χ1n) is 6.27. The molecule has 0 unspecified atom stereocenters. The van der Waals surface area contributed by atoms with Crippen molar-refractivity contribution >= 4 is 10.0 Å². The number of hydrogen-bond acceptors (Lipinski definition) is 3. The van der Waals surface area contributed by atoms with Crippen molar-refractivity contribution in [3.8, 4) is 0 Å². The van der Waals surface area contributed by atoms with Gasteiger partial charge in [-0.25, -0.2) is 17.5 Å². The average molecular weight is 288 g/mol. The monoisotopic (exact) mass is 288 g/mol. The summed E-state index contributed by atoms with van der Waals surface area (Å²) in [6.07, 6.45) is 0.679. The van der Waals surface area contributed by atoms with Gasteiger partial charge in [-0.3, -0.25) is 0 Å². The van der Waals surface area contributed by atoms with Crippen molar-refractivity contribution in [1.29, 1.82) is 0 Å². The minimum absolute atomic E-state index is 0.237. The van der Waals surface area contributed by atoms with Crippen LogP contribution in [0.25, 0.3) is 0 Å². The Hall–Kier alpha value is -0.980. The van der Waals surface area contributed by atoms with Gasteiger partial charge in [0.15, 0.2) is 0 Å². The van der Waals surface area contributed by atoms with Gasteiger partial charge in [0, 0.05) is 12.6 Å². The Kier molecular flexibility index (Phi) is 5.90. The first kappa shape index (κ1) is 16.1. The van der Waals surface area contributed by atoms with Gasteiger partial charge < -0.3 is 5.73 Å². The zero-order chi connectivity index (χ0) is 14.5. The third-order valence-corrected chi connectivity index (χ3v) is 4.04. The average Bonchev–Trinajstić information content (AvgIpc) is 2.26. The number of sulfonamides is 1. The molecule has 1 aromatic carbocycles. The first-order chi connectivity index (χ1) is 8.82. The Morgan fingerprint density at radius 1 is 1.37 bits per heavy atom. The maximum atomic E-state index is 13.0. The standard InChI is InChI=1S/C13H21FN2O2S/c1-10(2)6-13(8-15)16-19(17,18)9-11-4-3-5-12(14)7-11/h3-5,7,10,13,16H,6,8-9,15H2,1-2H3/t13-/m1/s1. The van der Waals surface area contributed by atoms with E-state index in [9.17, 15) is 12.8 Å². The van der Waals surface area contributed by atoms with Crippen LogP contribution in [-0.2, 0) is 15.8 Å². The maximum absolute atomic E-state index is 13.0. The van der Waals surface area contributed by atoms with Crippen molar-refractivity contribution in [2.45, 2.75) is 32.1 Å². The molecule has 0 spiro atoms. The van der Waals surface area contributed by atoms with Gasteiger partial charge >= 0.3 is 0 Å². The van der Waals surface area contributed by atoms with Crippen LogP contribution in [0.4, 0.5) is 4.39 Å². The molecule has 0 aliphatic rings. The van der Waals surface area contributed by atoms with Crippen molar-refractivity contribution in [1.82, 2.24) is 4.72 Å². The summed E-state index contributed by atoms with van der Waals surface area (Å²) < 4.78 is 39.5. The molecule has 0 aliphatic heterocycles. The SMILES string of the molecule is CC(C)C[C@H](CN)NS(=O)(=O)Cc1cccc(F)c1. The number of halogens is 1. The lowest BCUT2D eigenvalue weighted by atomic mass is 10.1. The van der Waals surface area contributed by atoms with E-state index in [0.717, 1.165) is 0 Å². The lowest BCUT2D eigenvalue weighted by molar-refractivity contribution is 0.465. The molecule has 0 saturated heterocycles. The van der Waals surface area contributed by atoms with E-state index in [1.807, 2.05) is 13.8 Å². The lowest BCUT2D eigenvalue weighted by Crippen LogP contribution is -2.41. The quantitative estimate of drug-likeness (QED) is 0.801. The minimum Gasteiger partial charge on any atom is -0.329 e. The number of rotatable bonds is 7. The molecule has 0 amide bonds. The highest BCUT2D eigenvalue weighted by molar-refractivity contribution is 7.88. The molecule has 0 fully saturated rings. The van der Waals surface area contributed by atoms with E-state index in [1.165, 1.54) is 18.2 Å². The van der Waals surface area contributed by atoms with Crippen LogP contribution in [0.5, 0.6) is 0 Å². The topological polar surface area (TPSA) is 72.2 Å². The second-order valence-electron chi connectivity index (χ2n) is 5.07. The highest BCUT2D eigenvalue weighted by atomic mass is 32.2. The van der Waals surface area contributed by atoms with Gasteiger partial charge in [0.1, 0.15) is 5.82 Å². The molecule has 0 aromatic heterocycles. The van der Waals surface area contributed by atoms with E-state index >= 15 is 0 Å². The molecule has 0 radical (unpaired) electrons. The molecule has 6 heteroatoms. The van der Waals surface area contributed by atoms with Gasteiger partial charge in [0.2, 0.25) is 10.0 Å². The van der Waals surface area contributed by atoms with E-state index in [-0.39, 0.29) is 18.3 Å². The van der Waals surface area contributed by atoms with E-state index < -0.39 is 15.8 Å². The van der Waals surface area contributed by atoms with Crippen LogP contribution in [0.15, 0.2) is 24.3 Å². The summed E-state index contributed by atoms with van der Waals surface area (Å²) in [5.41, 5.74) is 5.98. The molecule has 4 nitrogen and oxygen atoms in total. The second kappa shape index (κ2) is 6.98. The van der Waals surface area contributed by atoms with Crippen LogP contribution < -0.4 is 10.5 Å². The Morgan fingerprint density at radius 2 is 2.05 bits per heavy atom. The van der Waals surface area contributed by atoms with Crippen LogP contribution in [0.2, 0.25) is 0 Å². The van der Waals surface area contributed by atoms with Crippen molar-refractivity contribution < 1.29 is 12.8 Å². The van der Waals surface area contributed by atoms with Gasteiger partial charge in [-0.2, -0.15) is 0 Å². The van der Waals surface area contributed by atoms with Crippen molar-refractivity contribution in [2.75, 3.05) is 6.54 Å². The molecular weight excluding hydrogens is 267 g/mol. The highest BCUT2D eigenvalue weighted by Gasteiger charge is 2.18. The number of nitrogens with two attached hydrogens (primary N) is 1. The van der Waals surface area contributed by atoms with Gasteiger partial charge in [-0.1, -0.05) is 26.0 Å². The van der Waals surface area contributed by atoms with E-state index in [0.29, 0.717) is 17.9 Å². The zero-order valence-corrected chi connectivity index (χ0v) is 12.1. The van der Waals surface area contributed by atoms with E-state index in [4.69, 9.17) is 5.73 Å². The predicted octanol–water partition coefficient (Wildman–Crippen LogP) is 1.62. The molecular formula is C13H21FN2O2S. The van der Waals surface area contributed by atoms with Gasteiger partial charge in [-0.05, 0) is 30.0 Å². The molecule has 1 atom stereocenters. The van der Waals surface area contributed by atoms with Crippen LogP contribution in [0.1, 0.15) is 25.8 Å². The molecule has 1 aromatic rings. The maximum Gasteiger partial charge on any atom is 0.216 e. The fourth-order valence-electron chi connectivity index (χ4n) is 1.90. The van der Waals surface area contributed by atoms with E-state index in [1.54, 1.807) is 6.07 Å². The normalized spacial score (nSPS) is 13.7. The van der Waals surface area contributed by atoms with Gasteiger partial charge in [0.05, 0.1) is 5.75 Å². The molecule has 0 bridgehead atoms. The fourth-order valence-corrected chi connectivity index (χ4v) is 3.31. The Morgan fingerprint density at radius 3 is 2.58 bits per heavy atom. The van der Waals surface area contributed by atoms with Crippen LogP contribution in [-0.4, -0.2) is 21.0 Å². The Balaban J connectivity index is 2.70. The molecule has 108 valence electrons. The van der Waals surface area contributed by atoms with E-state index in [2.05, 4.69) is 4.72 Å². The largest absolute Gasteiger partial charge is 0.329 e. The van der Waals surface area contributed by atoms with Gasteiger partial charge in [-0.15, -0.1) is 0 Å². The van der Waals surface area contributed by atoms with Crippen LogP contribution in [0, 0.1) is 11.7 Å². The van der Waals surface area contributed by atoms with Crippen molar-refractivity contribution in [3.63, 3.8) is 0 Å². The number of hydrogen-bond donors (Lipinski definition) is 2. The fraction of sp³-hybridized carbons (Fsp3) is 0.538. The molecule has 0 saturated carbocycles. The van der Waals surface area contributed by atoms with Crippen molar-refractivity contribution in [3.05, 3.63) is 35.6 Å². The summed E-state index contributed by atoms with van der Waals surface area (Å²) in [4.78, 5) is 0. The molecule has 3 N–H and O–H groups in total. The second-order valence-corrected chi connectivity index (χ2v) is 6.82.